The molecule has 0 heterocycles. The zero-order chi connectivity index (χ0) is 10.1. The second-order valence-electron chi connectivity index (χ2n) is 3.93. The van der Waals surface area contributed by atoms with Gasteiger partial charge in [-0.05, 0) is 24.5 Å². The molecule has 0 aliphatic rings. The average molecular weight is 329 g/mol. The normalized spacial score (nSPS) is 9.67. The van der Waals surface area contributed by atoms with E-state index in [9.17, 15) is 0 Å². The van der Waals surface area contributed by atoms with E-state index < -0.39 is 0 Å². The van der Waals surface area contributed by atoms with Gasteiger partial charge in [0.15, 0.2) is 0 Å². The van der Waals surface area contributed by atoms with Gasteiger partial charge in [0.05, 0.1) is 0 Å². The number of hydrogen-bond acceptors (Lipinski definition) is 0. The maximum absolute atomic E-state index is 3.05. The van der Waals surface area contributed by atoms with Crippen molar-refractivity contribution in [2.24, 2.45) is 0 Å². The summed E-state index contributed by atoms with van der Waals surface area (Å²) in [5.41, 5.74) is 1.46. The molecule has 0 aliphatic carbocycles. The van der Waals surface area contributed by atoms with Crippen molar-refractivity contribution in [2.75, 3.05) is 0 Å². The Morgan fingerprint density at radius 2 is 1.53 bits per heavy atom. The number of rotatable bonds is 7. The Balaban J connectivity index is 0.00000196. The summed E-state index contributed by atoms with van der Waals surface area (Å²) in [6.45, 7) is 2.26. The molecular weight excluding hydrogens is 305 g/mol. The van der Waals surface area contributed by atoms with Crippen LogP contribution in [-0.4, -0.2) is 48.9 Å². The van der Waals surface area contributed by atoms with Crippen LogP contribution in [0, 0.1) is 6.07 Å². The van der Waals surface area contributed by atoms with Crippen molar-refractivity contribution >= 4 is 48.9 Å². The van der Waals surface area contributed by atoms with Crippen molar-refractivity contribution in [3.63, 3.8) is 0 Å². The van der Waals surface area contributed by atoms with E-state index in [2.05, 4.69) is 25.1 Å². The Bertz CT molecular complexity index is 218. The Labute approximate surface area is 135 Å². The van der Waals surface area contributed by atoms with Crippen molar-refractivity contribution in [3.8, 4) is 0 Å². The van der Waals surface area contributed by atoms with Crippen LogP contribution in [0.25, 0.3) is 0 Å². The first kappa shape index (κ1) is 15.8. The molecule has 15 heavy (non-hydrogen) atoms. The Morgan fingerprint density at radius 3 is 2.20 bits per heavy atom. The third-order valence-electron chi connectivity index (χ3n) is 2.61. The molecule has 1 rings (SSSR count). The molecule has 0 spiro atoms. The van der Waals surface area contributed by atoms with E-state index in [0.29, 0.717) is 0 Å². The maximum atomic E-state index is 3.05. The summed E-state index contributed by atoms with van der Waals surface area (Å²) in [6, 6.07) is 11.4. The topological polar surface area (TPSA) is 0 Å². The van der Waals surface area contributed by atoms with Gasteiger partial charge in [-0.25, -0.2) is 0 Å². The molecule has 0 unspecified atom stereocenters. The Kier molecular flexibility index (Phi) is 11.9. The zero-order valence-corrected chi connectivity index (χ0v) is 9.26. The van der Waals surface area contributed by atoms with Crippen molar-refractivity contribution in [2.45, 2.75) is 51.9 Å². The molecule has 0 N–H and O–H groups in total. The predicted molar refractivity (Wildman–Crippen MR) is 70.9 cm³/mol. The van der Waals surface area contributed by atoms with Crippen LogP contribution in [0.5, 0.6) is 0 Å². The van der Waals surface area contributed by atoms with Crippen LogP contribution in [0.2, 0.25) is 0 Å². The molecule has 1 radical (unpaired) electrons. The summed E-state index contributed by atoms with van der Waals surface area (Å²) in [5, 5.41) is 0. The quantitative estimate of drug-likeness (QED) is 0.531. The Morgan fingerprint density at radius 1 is 0.933 bits per heavy atom. The Hall–Kier alpha value is 0.791. The van der Waals surface area contributed by atoms with Gasteiger partial charge in [-0.3, -0.25) is 0 Å². The van der Waals surface area contributed by atoms with E-state index >= 15 is 0 Å². The second-order valence-corrected chi connectivity index (χ2v) is 3.93. The minimum atomic E-state index is 0. The van der Waals surface area contributed by atoms with Crippen LogP contribution in [0.1, 0.15) is 51.0 Å². The second kappa shape index (κ2) is 11.3. The molecule has 0 amide bonds. The number of benzene rings is 1. The molecule has 81 valence electrons. The molecule has 0 aliphatic heterocycles. The predicted octanol–water partition coefficient (Wildman–Crippen LogP) is 3.47. The third kappa shape index (κ3) is 8.58. The summed E-state index contributed by atoms with van der Waals surface area (Å²) in [7, 11) is 0. The molecule has 1 aromatic rings. The average Bonchev–Trinajstić information content (AvgIpc) is 2.25. The van der Waals surface area contributed by atoms with E-state index in [-0.39, 0.29) is 48.9 Å². The first-order chi connectivity index (χ1) is 6.93. The van der Waals surface area contributed by atoms with Crippen LogP contribution in [0.4, 0.5) is 0 Å². The van der Waals surface area contributed by atoms with E-state index in [4.69, 9.17) is 0 Å². The fourth-order valence-corrected chi connectivity index (χ4v) is 1.70. The molecule has 0 fully saturated rings. The van der Waals surface area contributed by atoms with E-state index in [0.717, 1.165) is 0 Å². The first-order valence-electron chi connectivity index (χ1n) is 5.88. The summed E-state index contributed by atoms with van der Waals surface area (Å²) in [4.78, 5) is 0. The molecule has 0 bridgehead atoms. The molecule has 0 saturated carbocycles. The van der Waals surface area contributed by atoms with Crippen molar-refractivity contribution in [1.82, 2.24) is 0 Å². The van der Waals surface area contributed by atoms with E-state index in [1.807, 2.05) is 12.1 Å². The number of unbranched alkanes of at least 4 members (excludes halogenated alkanes) is 5. The molecule has 1 aromatic carbocycles. The zero-order valence-electron chi connectivity index (χ0n) is 9.26. The first-order valence-corrected chi connectivity index (χ1v) is 5.88. The van der Waals surface area contributed by atoms with Crippen LogP contribution in [0.15, 0.2) is 24.3 Å². The fourth-order valence-electron chi connectivity index (χ4n) is 1.70. The van der Waals surface area contributed by atoms with Gasteiger partial charge < -0.3 is 0 Å². The summed E-state index contributed by atoms with van der Waals surface area (Å²) in [5.74, 6) is 0. The summed E-state index contributed by atoms with van der Waals surface area (Å²) >= 11 is 0. The van der Waals surface area contributed by atoms with Gasteiger partial charge in [-0.1, -0.05) is 63.3 Å². The fraction of sp³-hybridized carbons (Fsp3) is 0.571. The van der Waals surface area contributed by atoms with Gasteiger partial charge in [0.2, 0.25) is 0 Å². The van der Waals surface area contributed by atoms with Crippen molar-refractivity contribution in [3.05, 3.63) is 35.9 Å². The molecule has 1 heteroatoms. The van der Waals surface area contributed by atoms with Crippen molar-refractivity contribution < 1.29 is 0 Å². The molecule has 0 atom stereocenters. The van der Waals surface area contributed by atoms with Crippen LogP contribution >= 0.6 is 0 Å². The van der Waals surface area contributed by atoms with Crippen LogP contribution in [0.3, 0.4) is 0 Å². The van der Waals surface area contributed by atoms with Gasteiger partial charge in [0.25, 0.3) is 0 Å². The molecule has 0 saturated heterocycles. The van der Waals surface area contributed by atoms with Gasteiger partial charge in [0, 0.05) is 0 Å². The van der Waals surface area contributed by atoms with Gasteiger partial charge >= 0.3 is 48.9 Å². The molecule has 0 aromatic heterocycles. The standard InChI is InChI=1S/C14H21.Ba.2H/c1-2-3-4-5-6-8-11-14-12-9-7-10-13-14;;;/h9-10,12-13H,2-6,8,11H2,1H3;;;. The third-order valence-corrected chi connectivity index (χ3v) is 2.61. The minimum absolute atomic E-state index is 0. The SMILES string of the molecule is CCCCCCCCc1cc[c]cc1.[BaH2]. The van der Waals surface area contributed by atoms with Crippen molar-refractivity contribution in [1.29, 1.82) is 0 Å². The summed E-state index contributed by atoms with van der Waals surface area (Å²) in [6.07, 6.45) is 9.54. The summed E-state index contributed by atoms with van der Waals surface area (Å²) < 4.78 is 0. The van der Waals surface area contributed by atoms with E-state index in [1.165, 1.54) is 50.5 Å². The molecular formula is C14H23Ba. The van der Waals surface area contributed by atoms with Gasteiger partial charge in [-0.2, -0.15) is 0 Å². The van der Waals surface area contributed by atoms with Gasteiger partial charge in [0.1, 0.15) is 0 Å². The van der Waals surface area contributed by atoms with Crippen LogP contribution in [-0.2, 0) is 6.42 Å². The van der Waals surface area contributed by atoms with Crippen LogP contribution < -0.4 is 0 Å². The number of aryl methyl sites for hydroxylation is 1. The van der Waals surface area contributed by atoms with Gasteiger partial charge in [-0.15, -0.1) is 0 Å². The monoisotopic (exact) mass is 329 g/mol. The number of hydrogen-bond donors (Lipinski definition) is 0. The molecule has 0 nitrogen and oxygen atoms in total. The van der Waals surface area contributed by atoms with E-state index in [1.54, 1.807) is 0 Å².